The Labute approximate surface area is 91.6 Å². The highest BCUT2D eigenvalue weighted by molar-refractivity contribution is 5.28. The van der Waals surface area contributed by atoms with E-state index < -0.39 is 0 Å². The van der Waals surface area contributed by atoms with E-state index in [1.54, 1.807) is 7.11 Å². The molecule has 0 bridgehead atoms. The smallest absolute Gasteiger partial charge is 0.0713 e. The van der Waals surface area contributed by atoms with E-state index in [0.717, 1.165) is 6.54 Å². The van der Waals surface area contributed by atoms with E-state index in [2.05, 4.69) is 36.5 Å². The summed E-state index contributed by atoms with van der Waals surface area (Å²) in [6, 6.07) is 8.74. The molecule has 1 saturated heterocycles. The topological polar surface area (TPSA) is 21.3 Å². The lowest BCUT2D eigenvalue weighted by molar-refractivity contribution is 0.185. The zero-order valence-corrected chi connectivity index (χ0v) is 9.55. The van der Waals surface area contributed by atoms with Crippen molar-refractivity contribution < 1.29 is 4.74 Å². The molecule has 1 aromatic carbocycles. The third kappa shape index (κ3) is 2.21. The summed E-state index contributed by atoms with van der Waals surface area (Å²) in [6.45, 7) is 4.12. The average molecular weight is 205 g/mol. The summed E-state index contributed by atoms with van der Waals surface area (Å²) in [5.41, 5.74) is 2.81. The second kappa shape index (κ2) is 4.33. The first-order chi connectivity index (χ1) is 7.24. The number of rotatable bonds is 3. The van der Waals surface area contributed by atoms with Crippen molar-refractivity contribution in [1.82, 2.24) is 5.32 Å². The van der Waals surface area contributed by atoms with Crippen LogP contribution in [0.15, 0.2) is 24.3 Å². The van der Waals surface area contributed by atoms with Crippen LogP contribution in [0.5, 0.6) is 0 Å². The molecule has 0 aromatic heterocycles. The van der Waals surface area contributed by atoms with Crippen molar-refractivity contribution in [3.05, 3.63) is 35.4 Å². The maximum atomic E-state index is 5.10. The second-order valence-electron chi connectivity index (χ2n) is 4.49. The first-order valence-electron chi connectivity index (χ1n) is 5.58. The summed E-state index contributed by atoms with van der Waals surface area (Å²) < 4.78 is 5.10. The molecule has 1 unspecified atom stereocenters. The largest absolute Gasteiger partial charge is 0.380 e. The van der Waals surface area contributed by atoms with Crippen LogP contribution in [0.1, 0.15) is 30.9 Å². The van der Waals surface area contributed by atoms with E-state index in [1.807, 2.05) is 0 Å². The molecule has 2 heteroatoms. The molecular formula is C13H19NO. The van der Waals surface area contributed by atoms with Crippen molar-refractivity contribution in [2.45, 2.75) is 31.9 Å². The number of hydrogen-bond donors (Lipinski definition) is 1. The Morgan fingerprint density at radius 2 is 2.07 bits per heavy atom. The molecular weight excluding hydrogens is 186 g/mol. The Kier molecular flexibility index (Phi) is 3.08. The number of methoxy groups -OCH3 is 1. The molecule has 0 spiro atoms. The normalized spacial score (nSPS) is 25.7. The summed E-state index contributed by atoms with van der Waals surface area (Å²) in [4.78, 5) is 0. The molecule has 82 valence electrons. The molecule has 1 aliphatic rings. The van der Waals surface area contributed by atoms with Crippen LogP contribution in [-0.4, -0.2) is 13.7 Å². The summed E-state index contributed by atoms with van der Waals surface area (Å²) >= 11 is 0. The first-order valence-corrected chi connectivity index (χ1v) is 5.58. The van der Waals surface area contributed by atoms with E-state index in [9.17, 15) is 0 Å². The molecule has 1 aliphatic heterocycles. The van der Waals surface area contributed by atoms with Gasteiger partial charge in [-0.3, -0.25) is 0 Å². The minimum Gasteiger partial charge on any atom is -0.380 e. The zero-order chi connectivity index (χ0) is 10.7. The molecule has 15 heavy (non-hydrogen) atoms. The quantitative estimate of drug-likeness (QED) is 0.818. The Hall–Kier alpha value is -0.860. The van der Waals surface area contributed by atoms with Gasteiger partial charge in [0.2, 0.25) is 0 Å². The number of nitrogens with one attached hydrogen (secondary N) is 1. The molecule has 1 atom stereocenters. The van der Waals surface area contributed by atoms with Gasteiger partial charge in [-0.05, 0) is 37.4 Å². The Morgan fingerprint density at radius 3 is 2.60 bits per heavy atom. The van der Waals surface area contributed by atoms with Gasteiger partial charge in [-0.25, -0.2) is 0 Å². The van der Waals surface area contributed by atoms with E-state index >= 15 is 0 Å². The monoisotopic (exact) mass is 205 g/mol. The standard InChI is InChI=1S/C13H19NO/c1-13(8-3-9-14-13)12-6-4-11(5-7-12)10-15-2/h4-7,14H,3,8-10H2,1-2H3. The summed E-state index contributed by atoms with van der Waals surface area (Å²) in [5.74, 6) is 0. The van der Waals surface area contributed by atoms with Crippen LogP contribution in [0.3, 0.4) is 0 Å². The van der Waals surface area contributed by atoms with Gasteiger partial charge in [0.05, 0.1) is 6.61 Å². The molecule has 0 radical (unpaired) electrons. The van der Waals surface area contributed by atoms with Crippen molar-refractivity contribution in [2.75, 3.05) is 13.7 Å². The van der Waals surface area contributed by atoms with Crippen molar-refractivity contribution in [2.24, 2.45) is 0 Å². The lowest BCUT2D eigenvalue weighted by Gasteiger charge is -2.25. The predicted molar refractivity (Wildman–Crippen MR) is 61.7 cm³/mol. The van der Waals surface area contributed by atoms with Crippen LogP contribution in [0.4, 0.5) is 0 Å². The van der Waals surface area contributed by atoms with E-state index in [4.69, 9.17) is 4.74 Å². The van der Waals surface area contributed by atoms with Gasteiger partial charge >= 0.3 is 0 Å². The average Bonchev–Trinajstić information content (AvgIpc) is 2.68. The van der Waals surface area contributed by atoms with Crippen LogP contribution < -0.4 is 5.32 Å². The number of ether oxygens (including phenoxy) is 1. The SMILES string of the molecule is COCc1ccc(C2(C)CCCN2)cc1. The fourth-order valence-corrected chi connectivity index (χ4v) is 2.28. The van der Waals surface area contributed by atoms with Gasteiger partial charge in [-0.15, -0.1) is 0 Å². The molecule has 0 amide bonds. The van der Waals surface area contributed by atoms with E-state index in [1.165, 1.54) is 24.0 Å². The minimum atomic E-state index is 0.186. The third-order valence-corrected chi connectivity index (χ3v) is 3.27. The van der Waals surface area contributed by atoms with Gasteiger partial charge in [0, 0.05) is 12.6 Å². The maximum Gasteiger partial charge on any atom is 0.0713 e. The Morgan fingerprint density at radius 1 is 1.33 bits per heavy atom. The summed E-state index contributed by atoms with van der Waals surface area (Å²) in [5, 5.41) is 3.57. The molecule has 1 heterocycles. The van der Waals surface area contributed by atoms with Gasteiger partial charge in [0.1, 0.15) is 0 Å². The summed E-state index contributed by atoms with van der Waals surface area (Å²) in [6.07, 6.45) is 2.51. The van der Waals surface area contributed by atoms with Crippen LogP contribution in [0.2, 0.25) is 0 Å². The van der Waals surface area contributed by atoms with Gasteiger partial charge in [-0.1, -0.05) is 24.3 Å². The van der Waals surface area contributed by atoms with E-state index in [0.29, 0.717) is 6.61 Å². The second-order valence-corrected chi connectivity index (χ2v) is 4.49. The molecule has 1 N–H and O–H groups in total. The van der Waals surface area contributed by atoms with Crippen molar-refractivity contribution in [1.29, 1.82) is 0 Å². The Bertz CT molecular complexity index is 312. The van der Waals surface area contributed by atoms with Crippen LogP contribution in [0.25, 0.3) is 0 Å². The van der Waals surface area contributed by atoms with Gasteiger partial charge < -0.3 is 10.1 Å². The molecule has 1 aromatic rings. The Balaban J connectivity index is 2.15. The maximum absolute atomic E-state index is 5.10. The fraction of sp³-hybridized carbons (Fsp3) is 0.538. The number of hydrogen-bond acceptors (Lipinski definition) is 2. The van der Waals surface area contributed by atoms with E-state index in [-0.39, 0.29) is 5.54 Å². The lowest BCUT2D eigenvalue weighted by Crippen LogP contribution is -2.32. The molecule has 0 aliphatic carbocycles. The highest BCUT2D eigenvalue weighted by Gasteiger charge is 2.29. The first kappa shape index (κ1) is 10.7. The molecule has 1 fully saturated rings. The zero-order valence-electron chi connectivity index (χ0n) is 9.55. The number of benzene rings is 1. The van der Waals surface area contributed by atoms with Crippen molar-refractivity contribution in [3.63, 3.8) is 0 Å². The van der Waals surface area contributed by atoms with Crippen LogP contribution >= 0.6 is 0 Å². The molecule has 2 rings (SSSR count). The van der Waals surface area contributed by atoms with Gasteiger partial charge in [0.25, 0.3) is 0 Å². The fourth-order valence-electron chi connectivity index (χ4n) is 2.28. The van der Waals surface area contributed by atoms with Gasteiger partial charge in [-0.2, -0.15) is 0 Å². The van der Waals surface area contributed by atoms with Crippen LogP contribution in [-0.2, 0) is 16.9 Å². The van der Waals surface area contributed by atoms with Crippen molar-refractivity contribution >= 4 is 0 Å². The minimum absolute atomic E-state index is 0.186. The third-order valence-electron chi connectivity index (χ3n) is 3.27. The van der Waals surface area contributed by atoms with Crippen molar-refractivity contribution in [3.8, 4) is 0 Å². The van der Waals surface area contributed by atoms with Crippen LogP contribution in [0, 0.1) is 0 Å². The molecule has 2 nitrogen and oxygen atoms in total. The highest BCUT2D eigenvalue weighted by atomic mass is 16.5. The lowest BCUT2D eigenvalue weighted by atomic mass is 9.90. The summed E-state index contributed by atoms with van der Waals surface area (Å²) in [7, 11) is 1.73. The predicted octanol–water partition coefficient (Wildman–Crippen LogP) is 2.43. The molecule has 0 saturated carbocycles. The van der Waals surface area contributed by atoms with Gasteiger partial charge in [0.15, 0.2) is 0 Å². The highest BCUT2D eigenvalue weighted by Crippen LogP contribution is 2.30.